The molecule has 0 aromatic carbocycles. The molecule has 3 rings (SSSR count). The van der Waals surface area contributed by atoms with Gasteiger partial charge in [-0.2, -0.15) is 0 Å². The molecular formula is C14H16N4O2S. The van der Waals surface area contributed by atoms with Crippen LogP contribution in [0.25, 0.3) is 0 Å². The molecule has 3 heterocycles. The Morgan fingerprint density at radius 3 is 2.52 bits per heavy atom. The van der Waals surface area contributed by atoms with Gasteiger partial charge in [0.2, 0.25) is 0 Å². The van der Waals surface area contributed by atoms with Crippen molar-refractivity contribution in [1.82, 2.24) is 9.97 Å². The first kappa shape index (κ1) is 13.8. The van der Waals surface area contributed by atoms with Crippen LogP contribution in [0.15, 0.2) is 24.4 Å². The number of carbonyl (C=O) groups is 1. The fraction of sp³-hybridized carbons (Fsp3) is 0.357. The summed E-state index contributed by atoms with van der Waals surface area (Å²) < 4.78 is 0. The van der Waals surface area contributed by atoms with E-state index in [-0.39, 0.29) is 0 Å². The van der Waals surface area contributed by atoms with Crippen LogP contribution in [0.4, 0.5) is 10.9 Å². The number of carboxylic acids is 1. The van der Waals surface area contributed by atoms with Crippen LogP contribution in [-0.4, -0.2) is 47.2 Å². The Bertz CT molecular complexity index is 636. The van der Waals surface area contributed by atoms with Crippen LogP contribution in [0.3, 0.4) is 0 Å². The third-order valence-corrected chi connectivity index (χ3v) is 4.71. The van der Waals surface area contributed by atoms with E-state index < -0.39 is 5.97 Å². The summed E-state index contributed by atoms with van der Waals surface area (Å²) in [5.41, 5.74) is 0.592. The molecule has 1 N–H and O–H groups in total. The summed E-state index contributed by atoms with van der Waals surface area (Å²) in [7, 11) is 0. The van der Waals surface area contributed by atoms with Gasteiger partial charge in [0.25, 0.3) is 0 Å². The molecule has 0 bridgehead atoms. The number of pyridine rings is 1. The molecule has 0 aliphatic carbocycles. The Morgan fingerprint density at radius 1 is 1.24 bits per heavy atom. The number of rotatable bonds is 3. The van der Waals surface area contributed by atoms with Crippen LogP contribution in [0.1, 0.15) is 15.4 Å². The zero-order valence-corrected chi connectivity index (χ0v) is 12.5. The molecule has 0 saturated carbocycles. The molecular weight excluding hydrogens is 288 g/mol. The number of piperazine rings is 1. The van der Waals surface area contributed by atoms with Gasteiger partial charge in [-0.1, -0.05) is 17.4 Å². The highest BCUT2D eigenvalue weighted by Gasteiger charge is 2.22. The van der Waals surface area contributed by atoms with Crippen molar-refractivity contribution in [1.29, 1.82) is 0 Å². The van der Waals surface area contributed by atoms with Crippen LogP contribution in [0.2, 0.25) is 0 Å². The molecule has 0 atom stereocenters. The van der Waals surface area contributed by atoms with Crippen LogP contribution >= 0.6 is 11.3 Å². The van der Waals surface area contributed by atoms with Crippen molar-refractivity contribution in [3.8, 4) is 0 Å². The van der Waals surface area contributed by atoms with Gasteiger partial charge in [0.15, 0.2) is 5.13 Å². The molecule has 7 heteroatoms. The Balaban J connectivity index is 1.68. The predicted molar refractivity (Wildman–Crippen MR) is 82.5 cm³/mol. The zero-order chi connectivity index (χ0) is 14.8. The summed E-state index contributed by atoms with van der Waals surface area (Å²) >= 11 is 1.25. The van der Waals surface area contributed by atoms with Crippen molar-refractivity contribution in [2.45, 2.75) is 6.92 Å². The Hall–Kier alpha value is -2.15. The lowest BCUT2D eigenvalue weighted by Crippen LogP contribution is -2.46. The first-order valence-electron chi connectivity index (χ1n) is 6.77. The largest absolute Gasteiger partial charge is 0.477 e. The van der Waals surface area contributed by atoms with Crippen molar-refractivity contribution in [2.24, 2.45) is 0 Å². The zero-order valence-electron chi connectivity index (χ0n) is 11.7. The number of aromatic nitrogens is 2. The second-order valence-corrected chi connectivity index (χ2v) is 5.86. The highest BCUT2D eigenvalue weighted by Crippen LogP contribution is 2.27. The minimum Gasteiger partial charge on any atom is -0.477 e. The predicted octanol–water partition coefficient (Wildman–Crippen LogP) is 1.87. The topological polar surface area (TPSA) is 69.6 Å². The molecule has 2 aromatic heterocycles. The highest BCUT2D eigenvalue weighted by molar-refractivity contribution is 7.17. The molecule has 110 valence electrons. The summed E-state index contributed by atoms with van der Waals surface area (Å²) in [5.74, 6) is 0.0852. The van der Waals surface area contributed by atoms with E-state index in [2.05, 4.69) is 19.8 Å². The van der Waals surface area contributed by atoms with Gasteiger partial charge in [0.05, 0.1) is 5.69 Å². The number of nitrogens with zero attached hydrogens (tertiary/aromatic N) is 4. The van der Waals surface area contributed by atoms with Crippen molar-refractivity contribution in [3.05, 3.63) is 35.0 Å². The van der Waals surface area contributed by atoms with Crippen molar-refractivity contribution in [2.75, 3.05) is 36.0 Å². The number of thiazole rings is 1. The van der Waals surface area contributed by atoms with E-state index >= 15 is 0 Å². The van der Waals surface area contributed by atoms with E-state index in [9.17, 15) is 4.79 Å². The van der Waals surface area contributed by atoms with Crippen molar-refractivity contribution >= 4 is 28.3 Å². The first-order valence-corrected chi connectivity index (χ1v) is 7.58. The van der Waals surface area contributed by atoms with Gasteiger partial charge in [0, 0.05) is 32.4 Å². The molecule has 1 aliphatic heterocycles. The average molecular weight is 304 g/mol. The molecule has 1 aliphatic rings. The molecule has 2 aromatic rings. The van der Waals surface area contributed by atoms with E-state index in [1.54, 1.807) is 13.1 Å². The second kappa shape index (κ2) is 5.69. The SMILES string of the molecule is Cc1nc(N2CCN(c3ccccn3)CC2)sc1C(=O)O. The molecule has 0 radical (unpaired) electrons. The molecule has 0 spiro atoms. The number of aromatic carboxylic acids is 1. The smallest absolute Gasteiger partial charge is 0.347 e. The normalized spacial score (nSPS) is 15.3. The number of anilines is 2. The maximum absolute atomic E-state index is 11.1. The molecule has 21 heavy (non-hydrogen) atoms. The standard InChI is InChI=1S/C14H16N4O2S/c1-10-12(13(19)20)21-14(16-10)18-8-6-17(7-9-18)11-4-2-3-5-15-11/h2-5H,6-9H2,1H3,(H,19,20). The van der Waals surface area contributed by atoms with Crippen LogP contribution in [0, 0.1) is 6.92 Å². The van der Waals surface area contributed by atoms with E-state index in [4.69, 9.17) is 5.11 Å². The minimum atomic E-state index is -0.900. The number of carboxylic acid groups (broad SMARTS) is 1. The van der Waals surface area contributed by atoms with E-state index in [1.807, 2.05) is 18.2 Å². The van der Waals surface area contributed by atoms with Crippen LogP contribution in [-0.2, 0) is 0 Å². The Labute approximate surface area is 126 Å². The first-order chi connectivity index (χ1) is 10.1. The Kier molecular flexibility index (Phi) is 3.74. The molecule has 6 nitrogen and oxygen atoms in total. The number of aryl methyl sites for hydroxylation is 1. The minimum absolute atomic E-state index is 0.331. The molecule has 1 saturated heterocycles. The second-order valence-electron chi connectivity index (χ2n) is 4.88. The van der Waals surface area contributed by atoms with E-state index in [0.29, 0.717) is 10.6 Å². The quantitative estimate of drug-likeness (QED) is 0.933. The van der Waals surface area contributed by atoms with Crippen molar-refractivity contribution < 1.29 is 9.90 Å². The number of hydrogen-bond donors (Lipinski definition) is 1. The maximum atomic E-state index is 11.1. The van der Waals surface area contributed by atoms with Gasteiger partial charge in [-0.15, -0.1) is 0 Å². The highest BCUT2D eigenvalue weighted by atomic mass is 32.1. The van der Waals surface area contributed by atoms with E-state index in [0.717, 1.165) is 37.1 Å². The molecule has 0 unspecified atom stereocenters. The van der Waals surface area contributed by atoms with Crippen LogP contribution < -0.4 is 9.80 Å². The third kappa shape index (κ3) is 2.82. The lowest BCUT2D eigenvalue weighted by Gasteiger charge is -2.35. The van der Waals surface area contributed by atoms with Crippen molar-refractivity contribution in [3.63, 3.8) is 0 Å². The third-order valence-electron chi connectivity index (χ3n) is 3.50. The Morgan fingerprint density at radius 2 is 1.95 bits per heavy atom. The average Bonchev–Trinajstić information content (AvgIpc) is 2.90. The van der Waals surface area contributed by atoms with Gasteiger partial charge in [0.1, 0.15) is 10.7 Å². The van der Waals surface area contributed by atoms with Crippen LogP contribution in [0.5, 0.6) is 0 Å². The summed E-state index contributed by atoms with van der Waals surface area (Å²) in [6.45, 7) is 5.11. The van der Waals surface area contributed by atoms with Gasteiger partial charge < -0.3 is 14.9 Å². The fourth-order valence-corrected chi connectivity index (χ4v) is 3.34. The van der Waals surface area contributed by atoms with Gasteiger partial charge in [-0.25, -0.2) is 14.8 Å². The monoisotopic (exact) mass is 304 g/mol. The number of hydrogen-bond acceptors (Lipinski definition) is 6. The molecule has 0 amide bonds. The summed E-state index contributed by atoms with van der Waals surface area (Å²) in [5, 5.41) is 9.90. The lowest BCUT2D eigenvalue weighted by atomic mass is 10.3. The summed E-state index contributed by atoms with van der Waals surface area (Å²) in [4.78, 5) is 24.5. The van der Waals surface area contributed by atoms with Gasteiger partial charge in [-0.05, 0) is 19.1 Å². The van der Waals surface area contributed by atoms with Gasteiger partial charge >= 0.3 is 5.97 Å². The van der Waals surface area contributed by atoms with Gasteiger partial charge in [-0.3, -0.25) is 0 Å². The summed E-state index contributed by atoms with van der Waals surface area (Å²) in [6, 6.07) is 5.90. The molecule has 1 fully saturated rings. The lowest BCUT2D eigenvalue weighted by molar-refractivity contribution is 0.0701. The fourth-order valence-electron chi connectivity index (χ4n) is 2.38. The summed E-state index contributed by atoms with van der Waals surface area (Å²) in [6.07, 6.45) is 1.80. The van der Waals surface area contributed by atoms with E-state index in [1.165, 1.54) is 11.3 Å². The maximum Gasteiger partial charge on any atom is 0.347 e.